The molecule has 146 valence electrons. The van der Waals surface area contributed by atoms with Crippen LogP contribution in [0.3, 0.4) is 0 Å². The Morgan fingerprint density at radius 1 is 1.07 bits per heavy atom. The fraction of sp³-hybridized carbons (Fsp3) is 0.350. The molecule has 1 aromatic heterocycles. The molecular formula is C20H22N4O4. The van der Waals surface area contributed by atoms with Gasteiger partial charge in [0, 0.05) is 39.6 Å². The number of anilines is 1. The number of benzene rings is 1. The van der Waals surface area contributed by atoms with E-state index in [0.29, 0.717) is 31.1 Å². The van der Waals surface area contributed by atoms with E-state index in [-0.39, 0.29) is 18.6 Å². The summed E-state index contributed by atoms with van der Waals surface area (Å²) >= 11 is 0. The molecule has 1 aromatic carbocycles. The first-order chi connectivity index (χ1) is 13.6. The number of piperazine rings is 1. The highest BCUT2D eigenvalue weighted by atomic mass is 16.7. The molecule has 0 atom stereocenters. The van der Waals surface area contributed by atoms with E-state index in [1.165, 1.54) is 0 Å². The first kappa shape index (κ1) is 18.1. The third-order valence-corrected chi connectivity index (χ3v) is 4.96. The highest BCUT2D eigenvalue weighted by Gasteiger charge is 2.19. The van der Waals surface area contributed by atoms with E-state index in [4.69, 9.17) is 9.47 Å². The minimum absolute atomic E-state index is 0.104. The fourth-order valence-corrected chi connectivity index (χ4v) is 3.31. The smallest absolute Gasteiger partial charge is 0.270 e. The summed E-state index contributed by atoms with van der Waals surface area (Å²) in [4.78, 5) is 32.1. The zero-order valence-electron chi connectivity index (χ0n) is 15.7. The van der Waals surface area contributed by atoms with Crippen molar-refractivity contribution in [1.82, 2.24) is 15.2 Å². The molecule has 0 saturated carbocycles. The van der Waals surface area contributed by atoms with Crippen molar-refractivity contribution in [2.75, 3.05) is 37.9 Å². The lowest BCUT2D eigenvalue weighted by atomic mass is 10.2. The number of hydrogen-bond acceptors (Lipinski definition) is 6. The molecule has 0 spiro atoms. The lowest BCUT2D eigenvalue weighted by Gasteiger charge is -2.35. The number of fused-ring (bicyclic) bond motifs is 1. The first-order valence-electron chi connectivity index (χ1n) is 9.23. The Balaban J connectivity index is 1.32. The zero-order chi connectivity index (χ0) is 19.5. The molecule has 0 radical (unpaired) electrons. The zero-order valence-corrected chi connectivity index (χ0v) is 15.7. The van der Waals surface area contributed by atoms with Crippen LogP contribution in [-0.2, 0) is 11.3 Å². The maximum Gasteiger partial charge on any atom is 0.270 e. The van der Waals surface area contributed by atoms with Gasteiger partial charge in [0.1, 0.15) is 5.69 Å². The third kappa shape index (κ3) is 3.85. The number of pyridine rings is 1. The summed E-state index contributed by atoms with van der Waals surface area (Å²) in [7, 11) is 0. The first-order valence-corrected chi connectivity index (χ1v) is 9.23. The Kier molecular flexibility index (Phi) is 5.01. The minimum Gasteiger partial charge on any atom is -0.454 e. The maximum absolute atomic E-state index is 12.4. The summed E-state index contributed by atoms with van der Waals surface area (Å²) in [6.45, 7) is 5.12. The average Bonchev–Trinajstić information content (AvgIpc) is 3.20. The molecule has 0 unspecified atom stereocenters. The average molecular weight is 382 g/mol. The van der Waals surface area contributed by atoms with Crippen molar-refractivity contribution >= 4 is 17.5 Å². The summed E-state index contributed by atoms with van der Waals surface area (Å²) in [6.07, 6.45) is 1.71. The van der Waals surface area contributed by atoms with E-state index in [0.717, 1.165) is 30.1 Å². The molecule has 2 aromatic rings. The largest absolute Gasteiger partial charge is 0.454 e. The summed E-state index contributed by atoms with van der Waals surface area (Å²) < 4.78 is 10.6. The highest BCUT2D eigenvalue weighted by molar-refractivity contribution is 5.92. The molecule has 8 heteroatoms. The summed E-state index contributed by atoms with van der Waals surface area (Å²) in [6, 6.07) is 9.21. The molecule has 1 saturated heterocycles. The molecule has 28 heavy (non-hydrogen) atoms. The number of carbonyl (C=O) groups is 2. The molecule has 1 fully saturated rings. The van der Waals surface area contributed by atoms with Crippen molar-refractivity contribution in [3.05, 3.63) is 47.8 Å². The summed E-state index contributed by atoms with van der Waals surface area (Å²) in [5.74, 6) is 1.29. The minimum atomic E-state index is -0.231. The van der Waals surface area contributed by atoms with Crippen LogP contribution >= 0.6 is 0 Å². The predicted octanol–water partition coefficient (Wildman–Crippen LogP) is 1.41. The number of hydrogen-bond donors (Lipinski definition) is 1. The lowest BCUT2D eigenvalue weighted by Crippen LogP contribution is -2.48. The molecule has 8 nitrogen and oxygen atoms in total. The van der Waals surface area contributed by atoms with E-state index in [2.05, 4.69) is 15.2 Å². The number of rotatable bonds is 4. The Hall–Kier alpha value is -3.29. The van der Waals surface area contributed by atoms with Gasteiger partial charge in [0.05, 0.1) is 11.9 Å². The van der Waals surface area contributed by atoms with Crippen LogP contribution in [0, 0.1) is 0 Å². The second-order valence-electron chi connectivity index (χ2n) is 6.77. The molecule has 0 bridgehead atoms. The van der Waals surface area contributed by atoms with Gasteiger partial charge < -0.3 is 24.6 Å². The van der Waals surface area contributed by atoms with Gasteiger partial charge in [-0.15, -0.1) is 0 Å². The summed E-state index contributed by atoms with van der Waals surface area (Å²) in [5.41, 5.74) is 2.25. The molecule has 4 rings (SSSR count). The van der Waals surface area contributed by atoms with Crippen molar-refractivity contribution in [3.8, 4) is 11.5 Å². The number of nitrogens with one attached hydrogen (secondary N) is 1. The van der Waals surface area contributed by atoms with Gasteiger partial charge in [-0.2, -0.15) is 0 Å². The SMILES string of the molecule is CC(=O)N1CCN(c2ccc(C(=O)NCc3ccc4c(c3)OCO4)nc2)CC1. The topological polar surface area (TPSA) is 84.0 Å². The van der Waals surface area contributed by atoms with Gasteiger partial charge in [0.15, 0.2) is 11.5 Å². The van der Waals surface area contributed by atoms with Crippen LogP contribution in [0.1, 0.15) is 23.0 Å². The van der Waals surface area contributed by atoms with Gasteiger partial charge in [-0.25, -0.2) is 4.98 Å². The van der Waals surface area contributed by atoms with Gasteiger partial charge in [-0.3, -0.25) is 9.59 Å². The van der Waals surface area contributed by atoms with Crippen LogP contribution in [0.25, 0.3) is 0 Å². The van der Waals surface area contributed by atoms with Gasteiger partial charge in [0.25, 0.3) is 5.91 Å². The Morgan fingerprint density at radius 3 is 2.57 bits per heavy atom. The lowest BCUT2D eigenvalue weighted by molar-refractivity contribution is -0.129. The predicted molar refractivity (Wildman–Crippen MR) is 102 cm³/mol. The van der Waals surface area contributed by atoms with Crippen LogP contribution in [-0.4, -0.2) is 54.7 Å². The van der Waals surface area contributed by atoms with Gasteiger partial charge in [0.2, 0.25) is 12.7 Å². The molecule has 1 N–H and O–H groups in total. The standard InChI is InChI=1S/C20H22N4O4/c1-14(25)23-6-8-24(9-7-23)16-3-4-17(21-12-16)20(26)22-11-15-2-5-18-19(10-15)28-13-27-18/h2-5,10,12H,6-9,11,13H2,1H3,(H,22,26). The number of ether oxygens (including phenoxy) is 2. The monoisotopic (exact) mass is 382 g/mol. The number of aromatic nitrogens is 1. The number of nitrogens with zero attached hydrogens (tertiary/aromatic N) is 3. The highest BCUT2D eigenvalue weighted by Crippen LogP contribution is 2.32. The second kappa shape index (κ2) is 7.75. The van der Waals surface area contributed by atoms with Crippen molar-refractivity contribution in [2.45, 2.75) is 13.5 Å². The Morgan fingerprint density at radius 2 is 1.86 bits per heavy atom. The van der Waals surface area contributed by atoms with Crippen LogP contribution in [0.4, 0.5) is 5.69 Å². The van der Waals surface area contributed by atoms with E-state index in [9.17, 15) is 9.59 Å². The normalized spacial score (nSPS) is 15.5. The van der Waals surface area contributed by atoms with Gasteiger partial charge >= 0.3 is 0 Å². The molecule has 2 aliphatic rings. The maximum atomic E-state index is 12.4. The van der Waals surface area contributed by atoms with Crippen LogP contribution < -0.4 is 19.7 Å². The van der Waals surface area contributed by atoms with E-state index in [1.54, 1.807) is 19.2 Å². The number of amides is 2. The fourth-order valence-electron chi connectivity index (χ4n) is 3.31. The molecule has 3 heterocycles. The van der Waals surface area contributed by atoms with Crippen LogP contribution in [0.2, 0.25) is 0 Å². The van der Waals surface area contributed by atoms with Gasteiger partial charge in [-0.1, -0.05) is 6.07 Å². The third-order valence-electron chi connectivity index (χ3n) is 4.96. The second-order valence-corrected chi connectivity index (χ2v) is 6.77. The van der Waals surface area contributed by atoms with Crippen molar-refractivity contribution in [3.63, 3.8) is 0 Å². The molecule has 2 aliphatic heterocycles. The Labute approximate surface area is 163 Å². The van der Waals surface area contributed by atoms with Gasteiger partial charge in [-0.05, 0) is 29.8 Å². The van der Waals surface area contributed by atoms with E-state index >= 15 is 0 Å². The summed E-state index contributed by atoms with van der Waals surface area (Å²) in [5, 5.41) is 2.87. The van der Waals surface area contributed by atoms with Crippen molar-refractivity contribution in [2.24, 2.45) is 0 Å². The van der Waals surface area contributed by atoms with E-state index < -0.39 is 0 Å². The van der Waals surface area contributed by atoms with Crippen LogP contribution in [0.5, 0.6) is 11.5 Å². The van der Waals surface area contributed by atoms with Crippen LogP contribution in [0.15, 0.2) is 36.5 Å². The van der Waals surface area contributed by atoms with Crippen molar-refractivity contribution in [1.29, 1.82) is 0 Å². The molecule has 0 aliphatic carbocycles. The Bertz CT molecular complexity index is 876. The van der Waals surface area contributed by atoms with E-state index in [1.807, 2.05) is 29.2 Å². The number of carbonyl (C=O) groups excluding carboxylic acids is 2. The molecular weight excluding hydrogens is 360 g/mol. The van der Waals surface area contributed by atoms with Crippen molar-refractivity contribution < 1.29 is 19.1 Å². The quantitative estimate of drug-likeness (QED) is 0.861. The molecule has 2 amide bonds.